The van der Waals surface area contributed by atoms with Gasteiger partial charge in [0.25, 0.3) is 0 Å². The van der Waals surface area contributed by atoms with Crippen LogP contribution in [0.25, 0.3) is 0 Å². The Hall–Kier alpha value is -0.940. The molecule has 2 unspecified atom stereocenters. The molecule has 3 fully saturated rings. The molecule has 0 heterocycles. The van der Waals surface area contributed by atoms with Crippen LogP contribution in [0.15, 0.2) is 0 Å². The van der Waals surface area contributed by atoms with E-state index in [1.807, 2.05) is 6.92 Å². The molecule has 3 aliphatic rings. The average molecular weight is 395 g/mol. The summed E-state index contributed by atoms with van der Waals surface area (Å²) >= 11 is 0. The molecule has 5 nitrogen and oxygen atoms in total. The first kappa shape index (κ1) is 21.8. The second-order valence-electron chi connectivity index (χ2n) is 10.3. The summed E-state index contributed by atoms with van der Waals surface area (Å²) in [7, 11) is 1.77. The van der Waals surface area contributed by atoms with Crippen LogP contribution in [0.5, 0.6) is 0 Å². The van der Waals surface area contributed by atoms with Gasteiger partial charge in [0.1, 0.15) is 5.78 Å². The summed E-state index contributed by atoms with van der Waals surface area (Å²) in [6, 6.07) is 0. The first-order chi connectivity index (χ1) is 13.0. The zero-order chi connectivity index (χ0) is 20.9. The van der Waals surface area contributed by atoms with E-state index in [2.05, 4.69) is 20.8 Å². The normalized spacial score (nSPS) is 48.5. The zero-order valence-electron chi connectivity index (χ0n) is 18.4. The molecule has 5 heteroatoms. The van der Waals surface area contributed by atoms with Gasteiger partial charge in [-0.05, 0) is 55.8 Å². The van der Waals surface area contributed by atoms with Crippen molar-refractivity contribution in [1.29, 1.82) is 0 Å². The Morgan fingerprint density at radius 3 is 2.46 bits per heavy atom. The van der Waals surface area contributed by atoms with Crippen molar-refractivity contribution in [2.75, 3.05) is 13.7 Å². The molecule has 160 valence electrons. The Kier molecular flexibility index (Phi) is 5.74. The largest absolute Gasteiger partial charge is 0.466 e. The van der Waals surface area contributed by atoms with Crippen LogP contribution < -0.4 is 0 Å². The maximum Gasteiger partial charge on any atom is 0.302 e. The summed E-state index contributed by atoms with van der Waals surface area (Å²) in [5, 5.41) is 11.5. The minimum Gasteiger partial charge on any atom is -0.466 e. The van der Waals surface area contributed by atoms with Crippen LogP contribution in [0.1, 0.15) is 73.1 Å². The number of hydrogen-bond donors (Lipinski definition) is 1. The number of rotatable bonds is 4. The first-order valence-corrected chi connectivity index (χ1v) is 10.9. The highest BCUT2D eigenvalue weighted by molar-refractivity contribution is 5.87. The van der Waals surface area contributed by atoms with Gasteiger partial charge in [0.15, 0.2) is 0 Å². The predicted molar refractivity (Wildman–Crippen MR) is 107 cm³/mol. The maximum absolute atomic E-state index is 13.8. The Balaban J connectivity index is 2.04. The van der Waals surface area contributed by atoms with E-state index < -0.39 is 11.5 Å². The molecule has 28 heavy (non-hydrogen) atoms. The van der Waals surface area contributed by atoms with Crippen LogP contribution in [0.3, 0.4) is 0 Å². The van der Waals surface area contributed by atoms with Crippen LogP contribution in [0, 0.1) is 34.0 Å². The minimum absolute atomic E-state index is 0.0840. The van der Waals surface area contributed by atoms with Gasteiger partial charge in [-0.1, -0.05) is 27.7 Å². The van der Waals surface area contributed by atoms with Crippen LogP contribution in [0.4, 0.5) is 0 Å². The third-order valence-corrected chi connectivity index (χ3v) is 9.13. The Morgan fingerprint density at radius 2 is 1.86 bits per heavy atom. The number of esters is 1. The highest BCUT2D eigenvalue weighted by Crippen LogP contribution is 2.68. The van der Waals surface area contributed by atoms with Crippen molar-refractivity contribution in [3.63, 3.8) is 0 Å². The smallest absolute Gasteiger partial charge is 0.302 e. The second-order valence-corrected chi connectivity index (χ2v) is 10.3. The molecule has 0 aliphatic heterocycles. The fourth-order valence-electron chi connectivity index (χ4n) is 7.17. The molecule has 0 spiro atoms. The molecule has 0 saturated heterocycles. The monoisotopic (exact) mass is 394 g/mol. The molecule has 3 rings (SSSR count). The molecule has 3 saturated carbocycles. The van der Waals surface area contributed by atoms with Gasteiger partial charge >= 0.3 is 5.97 Å². The van der Waals surface area contributed by atoms with Crippen molar-refractivity contribution in [2.45, 2.75) is 85.4 Å². The van der Waals surface area contributed by atoms with Gasteiger partial charge in [0.2, 0.25) is 0 Å². The Bertz CT molecular complexity index is 632. The summed E-state index contributed by atoms with van der Waals surface area (Å²) in [4.78, 5) is 25.0. The van der Waals surface area contributed by atoms with E-state index in [0.717, 1.165) is 25.7 Å². The zero-order valence-corrected chi connectivity index (χ0v) is 18.4. The van der Waals surface area contributed by atoms with Crippen LogP contribution >= 0.6 is 0 Å². The van der Waals surface area contributed by atoms with Gasteiger partial charge in [0.05, 0.1) is 18.8 Å². The quantitative estimate of drug-likeness (QED) is 0.735. The summed E-state index contributed by atoms with van der Waals surface area (Å²) in [6.07, 6.45) is 4.41. The van der Waals surface area contributed by atoms with Gasteiger partial charge in [-0.3, -0.25) is 9.59 Å². The lowest BCUT2D eigenvalue weighted by Crippen LogP contribution is -2.62. The van der Waals surface area contributed by atoms with Gasteiger partial charge in [-0.2, -0.15) is 0 Å². The number of ketones is 1. The third-order valence-electron chi connectivity index (χ3n) is 9.13. The van der Waals surface area contributed by atoms with Gasteiger partial charge in [0, 0.05) is 30.8 Å². The summed E-state index contributed by atoms with van der Waals surface area (Å²) in [5.74, 6) is 0.372. The molecular formula is C23H38O5. The molecule has 0 aromatic rings. The van der Waals surface area contributed by atoms with Gasteiger partial charge < -0.3 is 14.6 Å². The topological polar surface area (TPSA) is 72.8 Å². The van der Waals surface area contributed by atoms with E-state index >= 15 is 0 Å². The van der Waals surface area contributed by atoms with E-state index in [0.29, 0.717) is 18.8 Å². The molecule has 0 aromatic heterocycles. The van der Waals surface area contributed by atoms with Gasteiger partial charge in [-0.25, -0.2) is 0 Å². The van der Waals surface area contributed by atoms with Crippen molar-refractivity contribution >= 4 is 11.8 Å². The molecule has 0 aromatic carbocycles. The summed E-state index contributed by atoms with van der Waals surface area (Å²) < 4.78 is 11.1. The molecule has 0 radical (unpaired) electrons. The van der Waals surface area contributed by atoms with Crippen molar-refractivity contribution in [3.05, 3.63) is 0 Å². The SMILES string of the molecule is CO[C@@H]1CCC23CC[C@@H](C)[C@](C)(C12)[C@H](O)C[C@@](C)(CCOC(C)=O)C(=O)[C@@H]3C. The number of hydrogen-bond acceptors (Lipinski definition) is 5. The van der Waals surface area contributed by atoms with Gasteiger partial charge in [-0.15, -0.1) is 0 Å². The standard InChI is InChI=1S/C23H38O5/c1-14-7-9-23-10-8-17(27-6)19(23)22(14,5)18(25)13-21(4,20(26)15(23)2)11-12-28-16(3)24/h14-15,17-19,25H,7-13H2,1-6H3/t14-,15+,17-,18-,19?,21-,22+,23?/m1/s1. The number of ether oxygens (including phenoxy) is 2. The van der Waals surface area contributed by atoms with Crippen molar-refractivity contribution < 1.29 is 24.2 Å². The number of aliphatic hydroxyl groups is 1. The lowest BCUT2D eigenvalue weighted by Gasteiger charge is -2.61. The molecule has 8 atom stereocenters. The van der Waals surface area contributed by atoms with Crippen LogP contribution in [-0.2, 0) is 19.1 Å². The number of Topliss-reactive ketones (excluding diaryl/α,β-unsaturated/α-hetero) is 1. The second kappa shape index (κ2) is 7.39. The minimum atomic E-state index is -0.685. The Labute approximate surface area is 169 Å². The predicted octanol–water partition coefficient (Wildman–Crippen LogP) is 3.76. The van der Waals surface area contributed by atoms with Crippen molar-refractivity contribution in [2.24, 2.45) is 34.0 Å². The van der Waals surface area contributed by atoms with E-state index in [1.165, 1.54) is 6.92 Å². The fraction of sp³-hybridized carbons (Fsp3) is 0.913. The first-order valence-electron chi connectivity index (χ1n) is 10.9. The molecular weight excluding hydrogens is 356 g/mol. The van der Waals surface area contributed by atoms with E-state index in [4.69, 9.17) is 9.47 Å². The highest BCUT2D eigenvalue weighted by atomic mass is 16.5. The number of carbonyl (C=O) groups is 2. The van der Waals surface area contributed by atoms with Crippen molar-refractivity contribution in [1.82, 2.24) is 0 Å². The van der Waals surface area contributed by atoms with Crippen LogP contribution in [-0.4, -0.2) is 42.8 Å². The number of methoxy groups -OCH3 is 1. The maximum atomic E-state index is 13.8. The Morgan fingerprint density at radius 1 is 1.21 bits per heavy atom. The molecule has 3 aliphatic carbocycles. The molecule has 0 amide bonds. The van der Waals surface area contributed by atoms with Crippen molar-refractivity contribution in [3.8, 4) is 0 Å². The van der Waals surface area contributed by atoms with E-state index in [-0.39, 0.29) is 47.1 Å². The third kappa shape index (κ3) is 3.04. The lowest BCUT2D eigenvalue weighted by molar-refractivity contribution is -0.193. The number of carbonyl (C=O) groups excluding carboxylic acids is 2. The van der Waals surface area contributed by atoms with Crippen LogP contribution in [0.2, 0.25) is 0 Å². The highest BCUT2D eigenvalue weighted by Gasteiger charge is 2.67. The summed E-state index contributed by atoms with van der Waals surface area (Å²) in [5.41, 5.74) is -1.08. The molecule has 1 N–H and O–H groups in total. The lowest BCUT2D eigenvalue weighted by atomic mass is 9.44. The fourth-order valence-corrected chi connectivity index (χ4v) is 7.17. The summed E-state index contributed by atoms with van der Waals surface area (Å²) in [6.45, 7) is 10.2. The van der Waals surface area contributed by atoms with E-state index in [9.17, 15) is 14.7 Å². The number of aliphatic hydroxyl groups excluding tert-OH is 1. The average Bonchev–Trinajstić information content (AvgIpc) is 3.03. The van der Waals surface area contributed by atoms with E-state index in [1.54, 1.807) is 7.11 Å². The molecule has 2 bridgehead atoms.